The largest absolute Gasteiger partial charge is 0.357 e. The van der Waals surface area contributed by atoms with Crippen molar-refractivity contribution in [3.63, 3.8) is 0 Å². The average molecular weight is 387 g/mol. The van der Waals surface area contributed by atoms with Crippen LogP contribution in [0.3, 0.4) is 0 Å². The van der Waals surface area contributed by atoms with Gasteiger partial charge in [0.2, 0.25) is 10.0 Å². The Morgan fingerprint density at radius 2 is 2.20 bits per heavy atom. The van der Waals surface area contributed by atoms with E-state index >= 15 is 0 Å². The number of guanidine groups is 1. The zero-order valence-electron chi connectivity index (χ0n) is 15.1. The van der Waals surface area contributed by atoms with Crippen molar-refractivity contribution in [2.75, 3.05) is 31.9 Å². The second kappa shape index (κ2) is 10.1. The number of hydrogen-bond donors (Lipinski definition) is 3. The Hall–Kier alpha value is -1.12. The molecule has 1 aliphatic rings. The molecule has 1 aromatic rings. The van der Waals surface area contributed by atoms with Gasteiger partial charge in [0.25, 0.3) is 0 Å². The first-order valence-electron chi connectivity index (χ1n) is 9.01. The zero-order valence-corrected chi connectivity index (χ0v) is 16.8. The molecule has 25 heavy (non-hydrogen) atoms. The standard InChI is InChI=1S/C17H30N4O2S2/c1-3-18-17(20-11-14(2)16-7-9-24-13-16)19-8-10-25(22,23)21-12-15-5-4-6-15/h7,9,13-15,21H,3-6,8,10-12H2,1-2H3,(H2,18,19,20). The number of aliphatic imine (C=N–C) groups is 1. The molecule has 1 aromatic heterocycles. The van der Waals surface area contributed by atoms with Crippen molar-refractivity contribution in [1.29, 1.82) is 0 Å². The molecule has 0 amide bonds. The molecule has 2 rings (SSSR count). The maximum Gasteiger partial charge on any atom is 0.213 e. The molecule has 1 unspecified atom stereocenters. The summed E-state index contributed by atoms with van der Waals surface area (Å²) in [6, 6.07) is 2.12. The first-order chi connectivity index (χ1) is 12.0. The molecule has 1 heterocycles. The Kier molecular flexibility index (Phi) is 8.18. The van der Waals surface area contributed by atoms with Gasteiger partial charge in [-0.2, -0.15) is 11.3 Å². The van der Waals surface area contributed by atoms with Gasteiger partial charge in [-0.25, -0.2) is 13.1 Å². The third-order valence-electron chi connectivity index (χ3n) is 4.46. The van der Waals surface area contributed by atoms with Gasteiger partial charge in [-0.3, -0.25) is 4.99 Å². The molecule has 6 nitrogen and oxygen atoms in total. The SMILES string of the molecule is CCNC(=NCC(C)c1ccsc1)NCCS(=O)(=O)NCC1CCC1. The third-order valence-corrected chi connectivity index (χ3v) is 6.51. The van der Waals surface area contributed by atoms with E-state index in [4.69, 9.17) is 0 Å². The molecule has 8 heteroatoms. The van der Waals surface area contributed by atoms with Gasteiger partial charge in [0.05, 0.1) is 5.75 Å². The summed E-state index contributed by atoms with van der Waals surface area (Å²) in [5.74, 6) is 1.60. The third kappa shape index (κ3) is 7.33. The second-order valence-corrected chi connectivity index (χ2v) is 9.27. The summed E-state index contributed by atoms with van der Waals surface area (Å²) in [6.07, 6.45) is 3.50. The highest BCUT2D eigenvalue weighted by molar-refractivity contribution is 7.89. The first-order valence-corrected chi connectivity index (χ1v) is 11.6. The molecule has 3 N–H and O–H groups in total. The van der Waals surface area contributed by atoms with E-state index in [0.717, 1.165) is 19.4 Å². The van der Waals surface area contributed by atoms with Gasteiger partial charge in [-0.15, -0.1) is 0 Å². The topological polar surface area (TPSA) is 82.6 Å². The van der Waals surface area contributed by atoms with Gasteiger partial charge in [0.15, 0.2) is 5.96 Å². The van der Waals surface area contributed by atoms with Crippen LogP contribution in [0.1, 0.15) is 44.6 Å². The zero-order chi connectivity index (χ0) is 18.1. The van der Waals surface area contributed by atoms with Gasteiger partial charge in [-0.1, -0.05) is 13.3 Å². The lowest BCUT2D eigenvalue weighted by Gasteiger charge is -2.25. The number of nitrogens with one attached hydrogen (secondary N) is 3. The Labute approximate surface area is 155 Å². The summed E-state index contributed by atoms with van der Waals surface area (Å²) in [4.78, 5) is 4.57. The lowest BCUT2D eigenvalue weighted by molar-refractivity contribution is 0.316. The number of thiophene rings is 1. The number of sulfonamides is 1. The fourth-order valence-corrected chi connectivity index (χ4v) is 4.34. The van der Waals surface area contributed by atoms with Crippen LogP contribution in [0.15, 0.2) is 21.8 Å². The van der Waals surface area contributed by atoms with Crippen LogP contribution in [-0.2, 0) is 10.0 Å². The number of hydrogen-bond acceptors (Lipinski definition) is 4. The minimum absolute atomic E-state index is 0.0597. The molecular weight excluding hydrogens is 356 g/mol. The molecular formula is C17H30N4O2S2. The maximum atomic E-state index is 12.0. The number of nitrogens with zero attached hydrogens (tertiary/aromatic N) is 1. The van der Waals surface area contributed by atoms with Gasteiger partial charge >= 0.3 is 0 Å². The summed E-state index contributed by atoms with van der Waals surface area (Å²) in [6.45, 7) is 6.47. The van der Waals surface area contributed by atoms with Gasteiger partial charge in [-0.05, 0) is 48.1 Å². The van der Waals surface area contributed by atoms with E-state index in [1.807, 2.05) is 6.92 Å². The van der Waals surface area contributed by atoms with Crippen LogP contribution in [-0.4, -0.2) is 46.3 Å². The summed E-state index contributed by atoms with van der Waals surface area (Å²) in [5.41, 5.74) is 1.28. The summed E-state index contributed by atoms with van der Waals surface area (Å²) >= 11 is 1.69. The van der Waals surface area contributed by atoms with E-state index in [1.54, 1.807) is 11.3 Å². The van der Waals surface area contributed by atoms with E-state index in [1.165, 1.54) is 12.0 Å². The normalized spacial score (nSPS) is 17.1. The van der Waals surface area contributed by atoms with Crippen LogP contribution in [0.2, 0.25) is 0 Å². The molecule has 1 aliphatic carbocycles. The van der Waals surface area contributed by atoms with E-state index < -0.39 is 10.0 Å². The number of rotatable bonds is 10. The van der Waals surface area contributed by atoms with Crippen LogP contribution in [0.25, 0.3) is 0 Å². The molecule has 142 valence electrons. The highest BCUT2D eigenvalue weighted by Gasteiger charge is 2.20. The van der Waals surface area contributed by atoms with Crippen molar-refractivity contribution in [1.82, 2.24) is 15.4 Å². The Morgan fingerprint density at radius 1 is 1.40 bits per heavy atom. The van der Waals surface area contributed by atoms with Crippen LogP contribution in [0, 0.1) is 5.92 Å². The van der Waals surface area contributed by atoms with Crippen molar-refractivity contribution >= 4 is 27.3 Å². The highest BCUT2D eigenvalue weighted by Crippen LogP contribution is 2.25. The fraction of sp³-hybridized carbons (Fsp3) is 0.706. The second-order valence-electron chi connectivity index (χ2n) is 6.57. The summed E-state index contributed by atoms with van der Waals surface area (Å²) in [5, 5.41) is 10.5. The quantitative estimate of drug-likeness (QED) is 0.425. The lowest BCUT2D eigenvalue weighted by atomic mass is 9.86. The van der Waals surface area contributed by atoms with Crippen LogP contribution >= 0.6 is 11.3 Å². The van der Waals surface area contributed by atoms with Crippen LogP contribution < -0.4 is 15.4 Å². The van der Waals surface area contributed by atoms with Gasteiger partial charge < -0.3 is 10.6 Å². The highest BCUT2D eigenvalue weighted by atomic mass is 32.2. The molecule has 0 saturated heterocycles. The van der Waals surface area contributed by atoms with E-state index in [-0.39, 0.29) is 5.75 Å². The van der Waals surface area contributed by atoms with Crippen molar-refractivity contribution in [3.8, 4) is 0 Å². The Bertz CT molecular complexity index is 625. The summed E-state index contributed by atoms with van der Waals surface area (Å²) < 4.78 is 26.8. The molecule has 1 saturated carbocycles. The van der Waals surface area contributed by atoms with E-state index in [0.29, 0.717) is 37.4 Å². The molecule has 0 aliphatic heterocycles. The first kappa shape index (κ1) is 20.2. The minimum Gasteiger partial charge on any atom is -0.357 e. The Balaban J connectivity index is 1.74. The fourth-order valence-electron chi connectivity index (χ4n) is 2.55. The van der Waals surface area contributed by atoms with Crippen molar-refractivity contribution < 1.29 is 8.42 Å². The van der Waals surface area contributed by atoms with E-state index in [9.17, 15) is 8.42 Å². The van der Waals surface area contributed by atoms with Gasteiger partial charge in [0.1, 0.15) is 0 Å². The molecule has 0 bridgehead atoms. The molecule has 0 aromatic carbocycles. The lowest BCUT2D eigenvalue weighted by Crippen LogP contribution is -2.42. The van der Waals surface area contributed by atoms with Crippen molar-refractivity contribution in [2.45, 2.75) is 39.0 Å². The van der Waals surface area contributed by atoms with Crippen molar-refractivity contribution in [2.24, 2.45) is 10.9 Å². The monoisotopic (exact) mass is 386 g/mol. The maximum absolute atomic E-state index is 12.0. The smallest absolute Gasteiger partial charge is 0.213 e. The average Bonchev–Trinajstić information content (AvgIpc) is 3.05. The van der Waals surface area contributed by atoms with Crippen LogP contribution in [0.5, 0.6) is 0 Å². The van der Waals surface area contributed by atoms with Crippen molar-refractivity contribution in [3.05, 3.63) is 22.4 Å². The van der Waals surface area contributed by atoms with Gasteiger partial charge in [0, 0.05) is 32.1 Å². The molecule has 0 radical (unpaired) electrons. The predicted octanol–water partition coefficient (Wildman–Crippen LogP) is 2.13. The summed E-state index contributed by atoms with van der Waals surface area (Å²) in [7, 11) is -3.22. The molecule has 1 fully saturated rings. The predicted molar refractivity (Wildman–Crippen MR) is 106 cm³/mol. The Morgan fingerprint density at radius 3 is 2.80 bits per heavy atom. The minimum atomic E-state index is -3.22. The van der Waals surface area contributed by atoms with E-state index in [2.05, 4.69) is 44.1 Å². The molecule has 1 atom stereocenters. The molecule has 0 spiro atoms. The van der Waals surface area contributed by atoms with Crippen LogP contribution in [0.4, 0.5) is 0 Å².